The molecule has 2 aromatic carbocycles. The van der Waals surface area contributed by atoms with E-state index < -0.39 is 28.0 Å². The van der Waals surface area contributed by atoms with Gasteiger partial charge in [0.2, 0.25) is 10.0 Å². The van der Waals surface area contributed by atoms with Gasteiger partial charge < -0.3 is 9.47 Å². The van der Waals surface area contributed by atoms with Gasteiger partial charge in [0.25, 0.3) is 0 Å². The molecule has 0 amide bonds. The van der Waals surface area contributed by atoms with Gasteiger partial charge in [-0.15, -0.1) is 13.2 Å². The Labute approximate surface area is 182 Å². The summed E-state index contributed by atoms with van der Waals surface area (Å²) in [5.74, 6) is -1.26. The fourth-order valence-corrected chi connectivity index (χ4v) is 4.79. The van der Waals surface area contributed by atoms with Gasteiger partial charge in [-0.3, -0.25) is 4.79 Å². The van der Waals surface area contributed by atoms with E-state index in [-0.39, 0.29) is 48.5 Å². The normalized spacial score (nSPS) is 16.1. The average molecular weight is 475 g/mol. The van der Waals surface area contributed by atoms with Gasteiger partial charge >= 0.3 is 6.36 Å². The highest BCUT2D eigenvalue weighted by atomic mass is 32.2. The van der Waals surface area contributed by atoms with Crippen LogP contribution in [0, 0.1) is 5.82 Å². The number of nitrogens with zero attached hydrogens (tertiary/aromatic N) is 1. The summed E-state index contributed by atoms with van der Waals surface area (Å²) in [4.78, 5) is 11.9. The maximum absolute atomic E-state index is 13.6. The number of hydrogen-bond donors (Lipinski definition) is 0. The minimum atomic E-state index is -4.86. The van der Waals surface area contributed by atoms with Crippen molar-refractivity contribution >= 4 is 15.8 Å². The number of ketones is 1. The van der Waals surface area contributed by atoms with Gasteiger partial charge in [0, 0.05) is 19.5 Å². The third-order valence-electron chi connectivity index (χ3n) is 4.92. The smallest absolute Gasteiger partial charge is 0.406 e. The van der Waals surface area contributed by atoms with Crippen LogP contribution in [-0.4, -0.2) is 50.7 Å². The Bertz CT molecular complexity index is 1030. The van der Waals surface area contributed by atoms with Crippen LogP contribution in [-0.2, 0) is 26.0 Å². The predicted molar refractivity (Wildman–Crippen MR) is 106 cm³/mol. The summed E-state index contributed by atoms with van der Waals surface area (Å²) in [6.07, 6.45) is -4.58. The van der Waals surface area contributed by atoms with Crippen molar-refractivity contribution in [2.45, 2.75) is 36.6 Å². The molecule has 0 aliphatic carbocycles. The van der Waals surface area contributed by atoms with Gasteiger partial charge in [0.15, 0.2) is 5.78 Å². The van der Waals surface area contributed by atoms with E-state index in [1.54, 1.807) is 6.07 Å². The van der Waals surface area contributed by atoms with Crippen LogP contribution in [0.4, 0.5) is 17.6 Å². The van der Waals surface area contributed by atoms with E-state index in [0.717, 1.165) is 24.3 Å². The number of Topliss-reactive ketones (excluding diaryl/α,β-unsaturated/α-hetero) is 1. The number of piperidine rings is 1. The van der Waals surface area contributed by atoms with Gasteiger partial charge in [-0.25, -0.2) is 12.8 Å². The standard InChI is InChI=1S/C21H21F4NO5S/c22-20-4-2-1-3-15(20)13-16(27)14-30-17-9-11-26(12-10-17)32(28,29)19-7-5-18(6-8-19)31-21(23,24)25/h1-8,17H,9-14H2. The molecule has 1 saturated heterocycles. The van der Waals surface area contributed by atoms with Crippen molar-refractivity contribution in [1.82, 2.24) is 4.31 Å². The van der Waals surface area contributed by atoms with E-state index in [4.69, 9.17) is 4.74 Å². The molecule has 1 fully saturated rings. The number of alkyl halides is 3. The molecule has 6 nitrogen and oxygen atoms in total. The topological polar surface area (TPSA) is 72.9 Å². The van der Waals surface area contributed by atoms with Gasteiger partial charge in [-0.1, -0.05) is 18.2 Å². The molecule has 0 N–H and O–H groups in total. The summed E-state index contributed by atoms with van der Waals surface area (Å²) in [6, 6.07) is 9.97. The molecule has 32 heavy (non-hydrogen) atoms. The highest BCUT2D eigenvalue weighted by Crippen LogP contribution is 2.26. The third-order valence-corrected chi connectivity index (χ3v) is 6.83. The number of ether oxygens (including phenoxy) is 2. The molecular weight excluding hydrogens is 454 g/mol. The number of carbonyl (C=O) groups excluding carboxylic acids is 1. The first-order chi connectivity index (χ1) is 15.0. The molecule has 1 heterocycles. The lowest BCUT2D eigenvalue weighted by Gasteiger charge is -2.31. The van der Waals surface area contributed by atoms with Crippen molar-refractivity contribution in [1.29, 1.82) is 0 Å². The Morgan fingerprint density at radius 2 is 1.66 bits per heavy atom. The fourth-order valence-electron chi connectivity index (χ4n) is 3.32. The Morgan fingerprint density at radius 1 is 1.03 bits per heavy atom. The van der Waals surface area contributed by atoms with E-state index in [9.17, 15) is 30.8 Å². The molecule has 0 saturated carbocycles. The van der Waals surface area contributed by atoms with Crippen molar-refractivity contribution in [3.05, 3.63) is 59.9 Å². The molecule has 2 aromatic rings. The lowest BCUT2D eigenvalue weighted by molar-refractivity contribution is -0.274. The van der Waals surface area contributed by atoms with Gasteiger partial charge in [-0.05, 0) is 48.7 Å². The first kappa shape index (κ1) is 24.1. The van der Waals surface area contributed by atoms with Crippen LogP contribution >= 0.6 is 0 Å². The second-order valence-corrected chi connectivity index (χ2v) is 9.18. The van der Waals surface area contributed by atoms with E-state index in [2.05, 4.69) is 4.74 Å². The highest BCUT2D eigenvalue weighted by Gasteiger charge is 2.32. The summed E-state index contributed by atoms with van der Waals surface area (Å²) in [7, 11) is -3.89. The van der Waals surface area contributed by atoms with Crippen LogP contribution in [0.1, 0.15) is 18.4 Å². The SMILES string of the molecule is O=C(COC1CCN(S(=O)(=O)c2ccc(OC(F)(F)F)cc2)CC1)Cc1ccccc1F. The Morgan fingerprint density at radius 3 is 2.25 bits per heavy atom. The fraction of sp³-hybridized carbons (Fsp3) is 0.381. The lowest BCUT2D eigenvalue weighted by atomic mass is 10.1. The Balaban J connectivity index is 1.49. The summed E-state index contributed by atoms with van der Waals surface area (Å²) in [5, 5.41) is 0. The zero-order valence-electron chi connectivity index (χ0n) is 16.8. The third kappa shape index (κ3) is 6.50. The summed E-state index contributed by atoms with van der Waals surface area (Å²) in [5.41, 5.74) is 0.286. The van der Waals surface area contributed by atoms with Crippen molar-refractivity contribution in [2.75, 3.05) is 19.7 Å². The molecule has 0 aromatic heterocycles. The lowest BCUT2D eigenvalue weighted by Crippen LogP contribution is -2.41. The molecule has 0 atom stereocenters. The number of benzene rings is 2. The van der Waals surface area contributed by atoms with Gasteiger partial charge in [0.05, 0.1) is 11.0 Å². The zero-order valence-corrected chi connectivity index (χ0v) is 17.7. The summed E-state index contributed by atoms with van der Waals surface area (Å²) in [6.45, 7) is 0.0665. The number of rotatable bonds is 8. The molecular formula is C21H21F4NO5S. The monoisotopic (exact) mass is 475 g/mol. The maximum Gasteiger partial charge on any atom is 0.573 e. The van der Waals surface area contributed by atoms with Gasteiger partial charge in [0.1, 0.15) is 18.2 Å². The Hall–Kier alpha value is -2.50. The average Bonchev–Trinajstić information content (AvgIpc) is 2.73. The number of halogens is 4. The van der Waals surface area contributed by atoms with Crippen LogP contribution < -0.4 is 4.74 Å². The highest BCUT2D eigenvalue weighted by molar-refractivity contribution is 7.89. The number of hydrogen-bond acceptors (Lipinski definition) is 5. The molecule has 0 bridgehead atoms. The van der Waals surface area contributed by atoms with Crippen molar-refractivity contribution < 1.29 is 40.2 Å². The van der Waals surface area contributed by atoms with Crippen molar-refractivity contribution in [3.63, 3.8) is 0 Å². The Kier molecular flexibility index (Phi) is 7.52. The van der Waals surface area contributed by atoms with Gasteiger partial charge in [-0.2, -0.15) is 4.31 Å². The van der Waals surface area contributed by atoms with Crippen LogP contribution in [0.25, 0.3) is 0 Å². The van der Waals surface area contributed by atoms with Crippen LogP contribution in [0.5, 0.6) is 5.75 Å². The first-order valence-electron chi connectivity index (χ1n) is 9.77. The molecule has 1 aliphatic heterocycles. The second kappa shape index (κ2) is 9.97. The molecule has 1 aliphatic rings. The summed E-state index contributed by atoms with van der Waals surface area (Å²) < 4.78 is 86.3. The molecule has 0 radical (unpaired) electrons. The minimum Gasteiger partial charge on any atom is -0.406 e. The van der Waals surface area contributed by atoms with Crippen LogP contribution in [0.2, 0.25) is 0 Å². The molecule has 174 valence electrons. The van der Waals surface area contributed by atoms with Crippen LogP contribution in [0.3, 0.4) is 0 Å². The quantitative estimate of drug-likeness (QED) is 0.545. The molecule has 11 heteroatoms. The molecule has 0 unspecified atom stereocenters. The number of sulfonamides is 1. The van der Waals surface area contributed by atoms with E-state index in [1.807, 2.05) is 0 Å². The predicted octanol–water partition coefficient (Wildman–Crippen LogP) is 3.71. The van der Waals surface area contributed by atoms with E-state index in [0.29, 0.717) is 12.8 Å². The largest absolute Gasteiger partial charge is 0.573 e. The minimum absolute atomic E-state index is 0.0893. The van der Waals surface area contributed by atoms with Crippen molar-refractivity contribution in [3.8, 4) is 5.75 Å². The van der Waals surface area contributed by atoms with Crippen molar-refractivity contribution in [2.24, 2.45) is 0 Å². The van der Waals surface area contributed by atoms with E-state index >= 15 is 0 Å². The molecule has 3 rings (SSSR count). The first-order valence-corrected chi connectivity index (χ1v) is 11.2. The zero-order chi connectivity index (χ0) is 23.4. The molecule has 0 spiro atoms. The number of carbonyl (C=O) groups is 1. The van der Waals surface area contributed by atoms with E-state index in [1.165, 1.54) is 22.5 Å². The van der Waals surface area contributed by atoms with Crippen LogP contribution in [0.15, 0.2) is 53.4 Å². The summed E-state index contributed by atoms with van der Waals surface area (Å²) >= 11 is 0. The second-order valence-electron chi connectivity index (χ2n) is 7.24. The maximum atomic E-state index is 13.6.